The van der Waals surface area contributed by atoms with Crippen molar-refractivity contribution in [1.82, 2.24) is 0 Å². The second-order valence-electron chi connectivity index (χ2n) is 3.90. The fraction of sp³-hybridized carbons (Fsp3) is 0.500. The molecule has 1 rings (SSSR count). The minimum atomic E-state index is 0.148. The predicted molar refractivity (Wildman–Crippen MR) is 60.8 cm³/mol. The van der Waals surface area contributed by atoms with E-state index in [1.807, 2.05) is 32.0 Å². The first kappa shape index (κ1) is 12.0. The van der Waals surface area contributed by atoms with Crippen LogP contribution in [0, 0.1) is 12.8 Å². The summed E-state index contributed by atoms with van der Waals surface area (Å²) in [6.07, 6.45) is 0. The quantitative estimate of drug-likeness (QED) is 0.772. The number of nitrogens with two attached hydrogens (primary N) is 1. The van der Waals surface area contributed by atoms with Gasteiger partial charge in [-0.1, -0.05) is 19.1 Å². The van der Waals surface area contributed by atoms with Gasteiger partial charge in [-0.05, 0) is 24.1 Å². The largest absolute Gasteiger partial charge is 0.493 e. The molecular formula is C12H19NO2. The van der Waals surface area contributed by atoms with E-state index in [0.29, 0.717) is 13.2 Å². The molecular weight excluding hydrogens is 190 g/mol. The Balaban J connectivity index is 2.66. The van der Waals surface area contributed by atoms with E-state index in [0.717, 1.165) is 16.9 Å². The normalized spacial score (nSPS) is 12.5. The highest BCUT2D eigenvalue weighted by atomic mass is 16.5. The van der Waals surface area contributed by atoms with Crippen molar-refractivity contribution in [2.24, 2.45) is 11.7 Å². The van der Waals surface area contributed by atoms with E-state index in [1.54, 1.807) is 0 Å². The molecule has 0 heterocycles. The van der Waals surface area contributed by atoms with Crippen molar-refractivity contribution in [2.75, 3.05) is 13.2 Å². The van der Waals surface area contributed by atoms with Crippen LogP contribution in [0.15, 0.2) is 18.2 Å². The van der Waals surface area contributed by atoms with Gasteiger partial charge in [0.1, 0.15) is 5.75 Å². The van der Waals surface area contributed by atoms with Gasteiger partial charge in [0.2, 0.25) is 0 Å². The number of ether oxygens (including phenoxy) is 1. The Kier molecular flexibility index (Phi) is 4.59. The lowest BCUT2D eigenvalue weighted by atomic mass is 10.1. The highest BCUT2D eigenvalue weighted by Gasteiger charge is 2.04. The van der Waals surface area contributed by atoms with E-state index >= 15 is 0 Å². The SMILES string of the molecule is Cc1ccc(CN)cc1OCC(C)CO. The number of aryl methyl sites for hydroxylation is 1. The van der Waals surface area contributed by atoms with Gasteiger partial charge >= 0.3 is 0 Å². The lowest BCUT2D eigenvalue weighted by Crippen LogP contribution is -2.12. The van der Waals surface area contributed by atoms with Crippen LogP contribution >= 0.6 is 0 Å². The molecule has 0 aliphatic rings. The third-order valence-electron chi connectivity index (χ3n) is 2.32. The van der Waals surface area contributed by atoms with E-state index in [1.165, 1.54) is 0 Å². The summed E-state index contributed by atoms with van der Waals surface area (Å²) >= 11 is 0. The van der Waals surface area contributed by atoms with Crippen molar-refractivity contribution in [3.63, 3.8) is 0 Å². The smallest absolute Gasteiger partial charge is 0.122 e. The molecule has 84 valence electrons. The van der Waals surface area contributed by atoms with Crippen LogP contribution in [-0.4, -0.2) is 18.3 Å². The average Bonchev–Trinajstić information content (AvgIpc) is 2.27. The number of hydrogen-bond donors (Lipinski definition) is 2. The van der Waals surface area contributed by atoms with Gasteiger partial charge in [-0.15, -0.1) is 0 Å². The highest BCUT2D eigenvalue weighted by Crippen LogP contribution is 2.19. The molecule has 3 nitrogen and oxygen atoms in total. The molecule has 3 heteroatoms. The second kappa shape index (κ2) is 5.73. The highest BCUT2D eigenvalue weighted by molar-refractivity contribution is 5.36. The van der Waals surface area contributed by atoms with Gasteiger partial charge in [-0.3, -0.25) is 0 Å². The number of hydrogen-bond acceptors (Lipinski definition) is 3. The summed E-state index contributed by atoms with van der Waals surface area (Å²) < 4.78 is 5.62. The first-order chi connectivity index (χ1) is 7.17. The molecule has 1 unspecified atom stereocenters. The summed E-state index contributed by atoms with van der Waals surface area (Å²) in [7, 11) is 0. The molecule has 0 bridgehead atoms. The fourth-order valence-corrected chi connectivity index (χ4v) is 1.21. The molecule has 1 aromatic carbocycles. The number of aliphatic hydroxyl groups is 1. The van der Waals surface area contributed by atoms with Gasteiger partial charge in [0.25, 0.3) is 0 Å². The zero-order chi connectivity index (χ0) is 11.3. The van der Waals surface area contributed by atoms with Gasteiger partial charge in [0.15, 0.2) is 0 Å². The van der Waals surface area contributed by atoms with Crippen LogP contribution in [0.4, 0.5) is 0 Å². The summed E-state index contributed by atoms with van der Waals surface area (Å²) in [4.78, 5) is 0. The van der Waals surface area contributed by atoms with Crippen LogP contribution in [0.3, 0.4) is 0 Å². The summed E-state index contributed by atoms with van der Waals surface area (Å²) in [5.74, 6) is 1.02. The molecule has 1 aromatic rings. The zero-order valence-electron chi connectivity index (χ0n) is 9.36. The van der Waals surface area contributed by atoms with Gasteiger partial charge in [-0.25, -0.2) is 0 Å². The van der Waals surface area contributed by atoms with Crippen molar-refractivity contribution in [3.8, 4) is 5.75 Å². The van der Waals surface area contributed by atoms with Crippen molar-refractivity contribution in [1.29, 1.82) is 0 Å². The summed E-state index contributed by atoms with van der Waals surface area (Å²) in [6, 6.07) is 5.96. The van der Waals surface area contributed by atoms with Crippen molar-refractivity contribution in [2.45, 2.75) is 20.4 Å². The molecule has 15 heavy (non-hydrogen) atoms. The van der Waals surface area contributed by atoms with E-state index in [4.69, 9.17) is 15.6 Å². The standard InChI is InChI=1S/C12H19NO2/c1-9(7-14)8-15-12-5-11(6-13)4-3-10(12)2/h3-5,9,14H,6-8,13H2,1-2H3. The lowest BCUT2D eigenvalue weighted by Gasteiger charge is -2.13. The minimum Gasteiger partial charge on any atom is -0.493 e. The molecule has 0 aliphatic carbocycles. The molecule has 0 aliphatic heterocycles. The van der Waals surface area contributed by atoms with Crippen LogP contribution in [0.5, 0.6) is 5.75 Å². The Morgan fingerprint density at radius 3 is 2.80 bits per heavy atom. The van der Waals surface area contributed by atoms with E-state index in [2.05, 4.69) is 0 Å². The van der Waals surface area contributed by atoms with Crippen LogP contribution in [-0.2, 0) is 6.54 Å². The first-order valence-corrected chi connectivity index (χ1v) is 5.20. The average molecular weight is 209 g/mol. The zero-order valence-corrected chi connectivity index (χ0v) is 9.36. The van der Waals surface area contributed by atoms with Crippen molar-refractivity contribution in [3.05, 3.63) is 29.3 Å². The Morgan fingerprint density at radius 2 is 2.20 bits per heavy atom. The third kappa shape index (κ3) is 3.53. The minimum absolute atomic E-state index is 0.148. The summed E-state index contributed by atoms with van der Waals surface area (Å²) in [5, 5.41) is 8.88. The van der Waals surface area contributed by atoms with Crippen molar-refractivity contribution >= 4 is 0 Å². The first-order valence-electron chi connectivity index (χ1n) is 5.20. The second-order valence-corrected chi connectivity index (χ2v) is 3.90. The van der Waals surface area contributed by atoms with Crippen molar-refractivity contribution < 1.29 is 9.84 Å². The molecule has 3 N–H and O–H groups in total. The lowest BCUT2D eigenvalue weighted by molar-refractivity contribution is 0.174. The fourth-order valence-electron chi connectivity index (χ4n) is 1.21. The van der Waals surface area contributed by atoms with Crippen LogP contribution < -0.4 is 10.5 Å². The van der Waals surface area contributed by atoms with E-state index in [9.17, 15) is 0 Å². The maximum absolute atomic E-state index is 8.88. The molecule has 1 atom stereocenters. The monoisotopic (exact) mass is 209 g/mol. The number of rotatable bonds is 5. The molecule has 0 amide bonds. The molecule has 0 radical (unpaired) electrons. The Hall–Kier alpha value is -1.06. The topological polar surface area (TPSA) is 55.5 Å². The molecule has 0 spiro atoms. The predicted octanol–water partition coefficient (Wildman–Crippen LogP) is 1.46. The van der Waals surface area contributed by atoms with Crippen LogP contribution in [0.2, 0.25) is 0 Å². The third-order valence-corrected chi connectivity index (χ3v) is 2.32. The Morgan fingerprint density at radius 1 is 1.47 bits per heavy atom. The van der Waals surface area contributed by atoms with Crippen LogP contribution in [0.25, 0.3) is 0 Å². The van der Waals surface area contributed by atoms with Crippen LogP contribution in [0.1, 0.15) is 18.1 Å². The molecule has 0 aromatic heterocycles. The van der Waals surface area contributed by atoms with Gasteiger partial charge in [0.05, 0.1) is 6.61 Å². The maximum atomic E-state index is 8.88. The Bertz CT molecular complexity index is 312. The van der Waals surface area contributed by atoms with Gasteiger partial charge in [-0.2, -0.15) is 0 Å². The number of benzene rings is 1. The van der Waals surface area contributed by atoms with E-state index < -0.39 is 0 Å². The molecule has 0 saturated heterocycles. The summed E-state index contributed by atoms with van der Waals surface area (Å²) in [6.45, 7) is 5.15. The maximum Gasteiger partial charge on any atom is 0.122 e. The molecule has 0 fully saturated rings. The number of aliphatic hydroxyl groups excluding tert-OH is 1. The summed E-state index contributed by atoms with van der Waals surface area (Å²) in [5.41, 5.74) is 7.71. The van der Waals surface area contributed by atoms with E-state index in [-0.39, 0.29) is 12.5 Å². The Labute approximate surface area is 90.9 Å². The van der Waals surface area contributed by atoms with Gasteiger partial charge < -0.3 is 15.6 Å². The van der Waals surface area contributed by atoms with Gasteiger partial charge in [0, 0.05) is 19.1 Å². The molecule has 0 saturated carbocycles.